The summed E-state index contributed by atoms with van der Waals surface area (Å²) in [4.78, 5) is 10.5. The summed E-state index contributed by atoms with van der Waals surface area (Å²) in [6, 6.07) is 16.8. The molecule has 1 amide bonds. The third-order valence-electron chi connectivity index (χ3n) is 6.12. The number of hydrogen-bond acceptors (Lipinski definition) is 9. The van der Waals surface area contributed by atoms with E-state index in [0.717, 1.165) is 12.2 Å². The number of anilines is 1. The predicted molar refractivity (Wildman–Crippen MR) is 159 cm³/mol. The van der Waals surface area contributed by atoms with Gasteiger partial charge in [-0.1, -0.05) is 18.2 Å². The van der Waals surface area contributed by atoms with E-state index in [-0.39, 0.29) is 34.5 Å². The molecule has 3 atom stereocenters. The van der Waals surface area contributed by atoms with Crippen molar-refractivity contribution in [3.8, 4) is 23.0 Å². The molecule has 1 unspecified atom stereocenters. The van der Waals surface area contributed by atoms with Gasteiger partial charge in [0.1, 0.15) is 23.0 Å². The number of methoxy groups -OCH3 is 1. The molecule has 3 rings (SSSR count). The molecule has 0 saturated carbocycles. The Morgan fingerprint density at radius 3 is 2.02 bits per heavy atom. The first-order valence-corrected chi connectivity index (χ1v) is 13.3. The number of phenols is 3. The van der Waals surface area contributed by atoms with E-state index in [1.54, 1.807) is 19.2 Å². The van der Waals surface area contributed by atoms with Gasteiger partial charge in [-0.3, -0.25) is 4.79 Å². The number of benzene rings is 3. The average molecular weight is 570 g/mol. The van der Waals surface area contributed by atoms with Crippen molar-refractivity contribution in [2.24, 2.45) is 0 Å². The van der Waals surface area contributed by atoms with Crippen molar-refractivity contribution >= 4 is 12.1 Å². The molecule has 0 radical (unpaired) electrons. The zero-order chi connectivity index (χ0) is 30.6. The predicted octanol–water partition coefficient (Wildman–Crippen LogP) is 3.74. The maximum absolute atomic E-state index is 10.5. The number of amides is 1. The Bertz CT molecular complexity index is 1210. The lowest BCUT2D eigenvalue weighted by atomic mass is 10.1. The van der Waals surface area contributed by atoms with Gasteiger partial charge in [0.15, 0.2) is 0 Å². The minimum absolute atomic E-state index is 0.0381. The topological polar surface area (TPSA) is 164 Å². The Kier molecular flexibility index (Phi) is 12.9. The molecular formula is C31H43N3O7. The number of hydrogen-bond donors (Lipinski definition) is 8. The molecule has 41 heavy (non-hydrogen) atoms. The second-order valence-corrected chi connectivity index (χ2v) is 10.8. The van der Waals surface area contributed by atoms with Crippen molar-refractivity contribution in [2.75, 3.05) is 25.5 Å². The van der Waals surface area contributed by atoms with Crippen LogP contribution in [0.25, 0.3) is 0 Å². The van der Waals surface area contributed by atoms with E-state index in [0.29, 0.717) is 30.6 Å². The molecule has 0 heterocycles. The summed E-state index contributed by atoms with van der Waals surface area (Å²) in [6.45, 7) is 8.78. The van der Waals surface area contributed by atoms with Gasteiger partial charge in [0, 0.05) is 30.7 Å². The number of ether oxygens (including phenoxy) is 1. The second kappa shape index (κ2) is 15.8. The van der Waals surface area contributed by atoms with Gasteiger partial charge in [-0.25, -0.2) is 0 Å². The Labute approximate surface area is 241 Å². The molecule has 3 aromatic rings. The molecule has 10 nitrogen and oxygen atoms in total. The van der Waals surface area contributed by atoms with Crippen LogP contribution in [0.1, 0.15) is 56.6 Å². The lowest BCUT2D eigenvalue weighted by Gasteiger charge is -2.23. The molecular weight excluding hydrogens is 526 g/mol. The maximum atomic E-state index is 10.5. The number of aromatic hydroxyl groups is 3. The number of aliphatic hydroxyl groups is 2. The van der Waals surface area contributed by atoms with Gasteiger partial charge < -0.3 is 46.2 Å². The molecule has 0 fully saturated rings. The number of carbonyl (C=O) groups excluding carboxylic acids is 1. The number of nitrogens with one attached hydrogen (secondary N) is 3. The molecule has 0 aromatic heterocycles. The number of aliphatic hydroxyl groups excluding tert-OH is 2. The molecule has 0 bridgehead atoms. The zero-order valence-electron chi connectivity index (χ0n) is 24.3. The Hall–Kier alpha value is -3.83. The number of phenolic OH excluding ortho intramolecular Hbond substituents is 3. The number of β-amino-alcohol motifs (C(OH)–C–C–N with tert-alkyl or cyclic N) is 1. The smallest absolute Gasteiger partial charge is 0.211 e. The van der Waals surface area contributed by atoms with E-state index in [9.17, 15) is 30.3 Å². The van der Waals surface area contributed by atoms with E-state index < -0.39 is 12.2 Å². The molecule has 8 N–H and O–H groups in total. The highest BCUT2D eigenvalue weighted by molar-refractivity contribution is 5.75. The van der Waals surface area contributed by atoms with Gasteiger partial charge in [-0.05, 0) is 87.2 Å². The van der Waals surface area contributed by atoms with Gasteiger partial charge in [0.25, 0.3) is 0 Å². The largest absolute Gasteiger partial charge is 0.508 e. The van der Waals surface area contributed by atoms with Crippen LogP contribution in [0.4, 0.5) is 5.69 Å². The molecule has 10 heteroatoms. The summed E-state index contributed by atoms with van der Waals surface area (Å²) in [5.41, 5.74) is 2.48. The molecule has 3 aromatic carbocycles. The summed E-state index contributed by atoms with van der Waals surface area (Å²) in [5.74, 6) is 0.686. The van der Waals surface area contributed by atoms with Crippen molar-refractivity contribution in [1.29, 1.82) is 0 Å². The summed E-state index contributed by atoms with van der Waals surface area (Å²) in [5, 5.41) is 57.2. The van der Waals surface area contributed by atoms with Crippen molar-refractivity contribution in [3.05, 3.63) is 77.4 Å². The first-order chi connectivity index (χ1) is 19.3. The molecule has 224 valence electrons. The molecule has 0 aliphatic heterocycles. The van der Waals surface area contributed by atoms with Crippen LogP contribution in [0.2, 0.25) is 0 Å². The first-order valence-electron chi connectivity index (χ1n) is 13.3. The van der Waals surface area contributed by atoms with E-state index >= 15 is 0 Å². The third kappa shape index (κ3) is 12.1. The fourth-order valence-electron chi connectivity index (χ4n) is 3.89. The Balaban J connectivity index is 0.000000317. The maximum Gasteiger partial charge on any atom is 0.211 e. The lowest BCUT2D eigenvalue weighted by Crippen LogP contribution is -2.38. The van der Waals surface area contributed by atoms with Crippen LogP contribution in [-0.2, 0) is 11.2 Å². The van der Waals surface area contributed by atoms with Gasteiger partial charge in [-0.2, -0.15) is 0 Å². The van der Waals surface area contributed by atoms with E-state index in [4.69, 9.17) is 4.74 Å². The lowest BCUT2D eigenvalue weighted by molar-refractivity contribution is -0.105. The van der Waals surface area contributed by atoms with Crippen molar-refractivity contribution in [1.82, 2.24) is 10.6 Å². The van der Waals surface area contributed by atoms with E-state index in [1.165, 1.54) is 29.8 Å². The van der Waals surface area contributed by atoms with Crippen molar-refractivity contribution < 1.29 is 35.1 Å². The molecule has 0 spiro atoms. The molecule has 0 aliphatic carbocycles. The number of carbonyl (C=O) groups is 1. The van der Waals surface area contributed by atoms with Crippen LogP contribution in [0.3, 0.4) is 0 Å². The quantitative estimate of drug-likeness (QED) is 0.120. The summed E-state index contributed by atoms with van der Waals surface area (Å²) >= 11 is 0. The van der Waals surface area contributed by atoms with Crippen molar-refractivity contribution in [3.63, 3.8) is 0 Å². The summed E-state index contributed by atoms with van der Waals surface area (Å²) in [6.07, 6.45) is -0.187. The second-order valence-electron chi connectivity index (χ2n) is 10.8. The van der Waals surface area contributed by atoms with E-state index in [2.05, 4.69) is 16.0 Å². The molecule has 0 aliphatic rings. The van der Waals surface area contributed by atoms with Gasteiger partial charge in [0.05, 0.1) is 25.0 Å². The Morgan fingerprint density at radius 2 is 1.46 bits per heavy atom. The van der Waals surface area contributed by atoms with E-state index in [1.807, 2.05) is 52.0 Å². The minimum Gasteiger partial charge on any atom is -0.508 e. The van der Waals surface area contributed by atoms with Crippen LogP contribution in [-0.4, -0.2) is 63.7 Å². The zero-order valence-corrected chi connectivity index (χ0v) is 24.3. The standard InChI is InChI=1S/C19H24N2O4.C12H19NO3/c1-13(9-14-3-6-16(25-2)7-4-14)20-11-19(24)15-5-8-18(23)17(10-15)21-12-22;1-12(2,3)13-7-11(16)8-4-9(14)6-10(15)5-8/h3-8,10,12-13,19-20,23-24H,9,11H2,1-2H3,(H,21,22);4-6,11,13-16H,7H2,1-3H3/t13-,19+;/m1./s1. The van der Waals surface area contributed by atoms with Gasteiger partial charge in [-0.15, -0.1) is 0 Å². The highest BCUT2D eigenvalue weighted by Gasteiger charge is 2.15. The Morgan fingerprint density at radius 1 is 0.854 bits per heavy atom. The highest BCUT2D eigenvalue weighted by Crippen LogP contribution is 2.27. The SMILES string of the molecule is CC(C)(C)NCC(O)c1cc(O)cc(O)c1.COc1ccc(C[C@@H](C)NC[C@H](O)c2ccc(O)c(NC=O)c2)cc1. The van der Waals surface area contributed by atoms with Gasteiger partial charge in [0.2, 0.25) is 6.41 Å². The minimum atomic E-state index is -0.753. The first kappa shape index (κ1) is 33.4. The molecule has 0 saturated heterocycles. The van der Waals surface area contributed by atoms with Crippen LogP contribution in [0.15, 0.2) is 60.7 Å². The van der Waals surface area contributed by atoms with Crippen LogP contribution in [0, 0.1) is 0 Å². The fraction of sp³-hybridized carbons (Fsp3) is 0.387. The summed E-state index contributed by atoms with van der Waals surface area (Å²) < 4.78 is 5.14. The highest BCUT2D eigenvalue weighted by atomic mass is 16.5. The average Bonchev–Trinajstić information content (AvgIpc) is 2.91. The monoisotopic (exact) mass is 569 g/mol. The number of rotatable bonds is 12. The van der Waals surface area contributed by atoms with Crippen LogP contribution >= 0.6 is 0 Å². The van der Waals surface area contributed by atoms with Gasteiger partial charge >= 0.3 is 0 Å². The summed E-state index contributed by atoms with van der Waals surface area (Å²) in [7, 11) is 1.64. The fourth-order valence-corrected chi connectivity index (χ4v) is 3.89. The third-order valence-corrected chi connectivity index (χ3v) is 6.12. The normalized spacial score (nSPS) is 13.3. The van der Waals surface area contributed by atoms with Crippen molar-refractivity contribution in [2.45, 2.75) is 57.9 Å². The van der Waals surface area contributed by atoms with Crippen LogP contribution < -0.4 is 20.7 Å². The van der Waals surface area contributed by atoms with Crippen LogP contribution in [0.5, 0.6) is 23.0 Å².